The lowest BCUT2D eigenvalue weighted by molar-refractivity contribution is 0.0535. The largest absolute Gasteiger partial charge is 0.493 e. The average molecular weight is 328 g/mol. The predicted octanol–water partition coefficient (Wildman–Crippen LogP) is 1.94. The van der Waals surface area contributed by atoms with Crippen molar-refractivity contribution in [2.45, 2.75) is 6.61 Å². The molecule has 2 aromatic carbocycles. The molecule has 126 valence electrons. The molecule has 0 bridgehead atoms. The van der Waals surface area contributed by atoms with Gasteiger partial charge < -0.3 is 24.4 Å². The Balaban J connectivity index is 2.01. The second kappa shape index (κ2) is 5.87. The Hall–Kier alpha value is -2.47. The van der Waals surface area contributed by atoms with Gasteiger partial charge in [0.15, 0.2) is 11.5 Å². The van der Waals surface area contributed by atoms with Crippen molar-refractivity contribution in [3.63, 3.8) is 0 Å². The van der Waals surface area contributed by atoms with E-state index in [1.807, 2.05) is 18.2 Å². The molecular weight excluding hydrogens is 308 g/mol. The summed E-state index contributed by atoms with van der Waals surface area (Å²) in [6.07, 6.45) is 0. The van der Waals surface area contributed by atoms with Gasteiger partial charge in [-0.1, -0.05) is 0 Å². The number of esters is 1. The Labute approximate surface area is 140 Å². The van der Waals surface area contributed by atoms with E-state index in [4.69, 9.17) is 14.2 Å². The second-order valence-electron chi connectivity index (χ2n) is 6.00. The highest BCUT2D eigenvalue weighted by molar-refractivity contribution is 6.10. The molecule has 1 fully saturated rings. The van der Waals surface area contributed by atoms with Crippen LogP contribution in [-0.2, 0) is 11.3 Å². The number of carbonyl (C=O) groups excluding carboxylic acids is 1. The van der Waals surface area contributed by atoms with Crippen molar-refractivity contribution < 1.29 is 19.0 Å². The summed E-state index contributed by atoms with van der Waals surface area (Å²) in [6.45, 7) is 3.83. The normalized spacial score (nSPS) is 16.9. The topological polar surface area (TPSA) is 60.0 Å². The summed E-state index contributed by atoms with van der Waals surface area (Å²) in [4.78, 5) is 14.6. The Morgan fingerprint density at radius 1 is 1.08 bits per heavy atom. The van der Waals surface area contributed by atoms with Crippen LogP contribution in [-0.4, -0.2) is 46.4 Å². The zero-order chi connectivity index (χ0) is 16.7. The van der Waals surface area contributed by atoms with Gasteiger partial charge in [0.25, 0.3) is 0 Å². The van der Waals surface area contributed by atoms with Crippen LogP contribution < -0.4 is 19.7 Å². The van der Waals surface area contributed by atoms with E-state index in [2.05, 4.69) is 10.2 Å². The summed E-state index contributed by atoms with van der Waals surface area (Å²) >= 11 is 0. The number of hydrogen-bond donors (Lipinski definition) is 1. The van der Waals surface area contributed by atoms with E-state index in [1.165, 1.54) is 0 Å². The molecule has 0 atom stereocenters. The van der Waals surface area contributed by atoms with Gasteiger partial charge in [-0.25, -0.2) is 4.79 Å². The molecule has 0 aliphatic carbocycles. The fourth-order valence-electron chi connectivity index (χ4n) is 3.54. The maximum atomic E-state index is 12.3. The number of fused-ring (bicyclic) bond motifs is 2. The molecule has 2 aliphatic heterocycles. The number of nitrogens with one attached hydrogen (secondary N) is 1. The minimum Gasteiger partial charge on any atom is -0.493 e. The van der Waals surface area contributed by atoms with Gasteiger partial charge >= 0.3 is 5.97 Å². The smallest absolute Gasteiger partial charge is 0.341 e. The highest BCUT2D eigenvalue weighted by atomic mass is 16.5. The van der Waals surface area contributed by atoms with Crippen molar-refractivity contribution in [2.24, 2.45) is 0 Å². The SMILES string of the molecule is COc1cc2cc3c(c(N4CCNCC4)c2cc1OC)C(=O)OC3. The van der Waals surface area contributed by atoms with E-state index in [-0.39, 0.29) is 5.97 Å². The number of piperazine rings is 1. The van der Waals surface area contributed by atoms with Crippen LogP contribution in [0, 0.1) is 0 Å². The van der Waals surface area contributed by atoms with E-state index in [1.54, 1.807) is 14.2 Å². The lowest BCUT2D eigenvalue weighted by Crippen LogP contribution is -2.44. The first kappa shape index (κ1) is 15.1. The quantitative estimate of drug-likeness (QED) is 0.869. The Kier molecular flexibility index (Phi) is 3.69. The first-order chi connectivity index (χ1) is 11.7. The van der Waals surface area contributed by atoms with Gasteiger partial charge in [-0.05, 0) is 23.6 Å². The van der Waals surface area contributed by atoms with Crippen molar-refractivity contribution in [2.75, 3.05) is 45.3 Å². The van der Waals surface area contributed by atoms with E-state index < -0.39 is 0 Å². The molecule has 2 aromatic rings. The van der Waals surface area contributed by atoms with Crippen LogP contribution in [0.1, 0.15) is 15.9 Å². The zero-order valence-electron chi connectivity index (χ0n) is 13.8. The lowest BCUT2D eigenvalue weighted by Gasteiger charge is -2.31. The Morgan fingerprint density at radius 3 is 2.50 bits per heavy atom. The van der Waals surface area contributed by atoms with Gasteiger partial charge in [0, 0.05) is 37.1 Å². The van der Waals surface area contributed by atoms with Crippen LogP contribution >= 0.6 is 0 Å². The van der Waals surface area contributed by atoms with E-state index in [9.17, 15) is 4.79 Å². The molecule has 0 amide bonds. The molecule has 4 rings (SSSR count). The third-order valence-electron chi connectivity index (χ3n) is 4.69. The van der Waals surface area contributed by atoms with Crippen LogP contribution in [0.25, 0.3) is 10.8 Å². The number of ether oxygens (including phenoxy) is 3. The van der Waals surface area contributed by atoms with E-state index in [0.717, 1.165) is 48.2 Å². The first-order valence-corrected chi connectivity index (χ1v) is 8.07. The number of nitrogens with zero attached hydrogens (tertiary/aromatic N) is 1. The number of anilines is 1. The van der Waals surface area contributed by atoms with Crippen molar-refractivity contribution in [1.29, 1.82) is 0 Å². The summed E-state index contributed by atoms with van der Waals surface area (Å²) in [5.41, 5.74) is 2.58. The van der Waals surface area contributed by atoms with E-state index in [0.29, 0.717) is 23.7 Å². The highest BCUT2D eigenvalue weighted by Crippen LogP contribution is 2.42. The molecule has 6 nitrogen and oxygen atoms in total. The van der Waals surface area contributed by atoms with Crippen LogP contribution in [0.5, 0.6) is 11.5 Å². The fraction of sp³-hybridized carbons (Fsp3) is 0.389. The van der Waals surface area contributed by atoms with Gasteiger partial charge in [-0.15, -0.1) is 0 Å². The van der Waals surface area contributed by atoms with Crippen LogP contribution in [0.4, 0.5) is 5.69 Å². The molecule has 2 aliphatic rings. The van der Waals surface area contributed by atoms with Gasteiger partial charge in [-0.3, -0.25) is 0 Å². The van der Waals surface area contributed by atoms with Crippen LogP contribution in [0.2, 0.25) is 0 Å². The molecule has 1 N–H and O–H groups in total. The molecule has 0 aromatic heterocycles. The molecule has 0 radical (unpaired) electrons. The average Bonchev–Trinajstić information content (AvgIpc) is 2.99. The van der Waals surface area contributed by atoms with Gasteiger partial charge in [-0.2, -0.15) is 0 Å². The molecular formula is C18H20N2O4. The molecule has 1 saturated heterocycles. The molecule has 6 heteroatoms. The highest BCUT2D eigenvalue weighted by Gasteiger charge is 2.30. The Bertz CT molecular complexity index is 813. The summed E-state index contributed by atoms with van der Waals surface area (Å²) in [7, 11) is 3.25. The number of rotatable bonds is 3. The number of hydrogen-bond acceptors (Lipinski definition) is 6. The van der Waals surface area contributed by atoms with Crippen molar-refractivity contribution in [3.8, 4) is 11.5 Å². The third kappa shape index (κ3) is 2.26. The van der Waals surface area contributed by atoms with Gasteiger partial charge in [0.2, 0.25) is 0 Å². The lowest BCUT2D eigenvalue weighted by atomic mass is 9.97. The number of carbonyl (C=O) groups is 1. The van der Waals surface area contributed by atoms with Gasteiger partial charge in [0.05, 0.1) is 25.5 Å². The molecule has 0 unspecified atom stereocenters. The van der Waals surface area contributed by atoms with Crippen molar-refractivity contribution in [1.82, 2.24) is 5.32 Å². The minimum atomic E-state index is -0.241. The van der Waals surface area contributed by atoms with Gasteiger partial charge in [0.1, 0.15) is 6.61 Å². The van der Waals surface area contributed by atoms with Crippen LogP contribution in [0.15, 0.2) is 18.2 Å². The standard InChI is InChI=1S/C18H20N2O4/c1-22-14-8-11-7-12-10-24-18(21)16(12)17(13(11)9-15(14)23-2)20-5-3-19-4-6-20/h7-9,19H,3-6,10H2,1-2H3. The second-order valence-corrected chi connectivity index (χ2v) is 6.00. The molecule has 2 heterocycles. The first-order valence-electron chi connectivity index (χ1n) is 8.07. The fourth-order valence-corrected chi connectivity index (χ4v) is 3.54. The molecule has 0 spiro atoms. The van der Waals surface area contributed by atoms with Crippen molar-refractivity contribution >= 4 is 22.4 Å². The third-order valence-corrected chi connectivity index (χ3v) is 4.69. The summed E-state index contributed by atoms with van der Waals surface area (Å²) < 4.78 is 16.2. The minimum absolute atomic E-state index is 0.241. The van der Waals surface area contributed by atoms with Crippen molar-refractivity contribution in [3.05, 3.63) is 29.3 Å². The number of methoxy groups -OCH3 is 2. The number of benzene rings is 2. The maximum absolute atomic E-state index is 12.3. The zero-order valence-corrected chi connectivity index (χ0v) is 13.8. The molecule has 24 heavy (non-hydrogen) atoms. The monoisotopic (exact) mass is 328 g/mol. The molecule has 0 saturated carbocycles. The van der Waals surface area contributed by atoms with Crippen LogP contribution in [0.3, 0.4) is 0 Å². The van der Waals surface area contributed by atoms with E-state index >= 15 is 0 Å². The summed E-state index contributed by atoms with van der Waals surface area (Å²) in [6, 6.07) is 5.93. The summed E-state index contributed by atoms with van der Waals surface area (Å²) in [5, 5.41) is 5.37. The summed E-state index contributed by atoms with van der Waals surface area (Å²) in [5.74, 6) is 1.10. The predicted molar refractivity (Wildman–Crippen MR) is 91.3 cm³/mol. The number of cyclic esters (lactones) is 1. The maximum Gasteiger partial charge on any atom is 0.341 e. The Morgan fingerprint density at radius 2 is 1.79 bits per heavy atom.